The molecule has 1 aliphatic rings. The van der Waals surface area contributed by atoms with Crippen LogP contribution >= 0.6 is 11.6 Å². The van der Waals surface area contributed by atoms with Gasteiger partial charge >= 0.3 is 5.97 Å². The summed E-state index contributed by atoms with van der Waals surface area (Å²) in [6.07, 6.45) is 1.07. The van der Waals surface area contributed by atoms with Crippen molar-refractivity contribution in [2.24, 2.45) is 4.99 Å². The molecule has 8 nitrogen and oxygen atoms in total. The smallest absolute Gasteiger partial charge is 0.332 e. The monoisotopic (exact) mass is 399 g/mol. The zero-order valence-corrected chi connectivity index (χ0v) is 16.5. The standard InChI is InChI=1S/C19H18ClN5O3/c1-10-7-13(20)5-6-15(10)25-17(27)14(9-16(26)28-4)23-19(25)24-18-21-11(2)8-12(3)22-18/h5-9H,1-4H3,(H,21,22,23,24)/b14-9-. The summed E-state index contributed by atoms with van der Waals surface area (Å²) in [4.78, 5) is 38.9. The molecule has 1 N–H and O–H groups in total. The van der Waals surface area contributed by atoms with Crippen molar-refractivity contribution in [3.05, 3.63) is 58.0 Å². The summed E-state index contributed by atoms with van der Waals surface area (Å²) in [5, 5.41) is 3.40. The van der Waals surface area contributed by atoms with E-state index in [1.165, 1.54) is 12.0 Å². The zero-order chi connectivity index (χ0) is 20.4. The summed E-state index contributed by atoms with van der Waals surface area (Å²) in [5.74, 6) is -0.745. The number of halogens is 1. The Morgan fingerprint density at radius 3 is 2.50 bits per heavy atom. The molecule has 9 heteroatoms. The lowest BCUT2D eigenvalue weighted by molar-refractivity contribution is -0.135. The average Bonchev–Trinajstić information content (AvgIpc) is 2.89. The highest BCUT2D eigenvalue weighted by atomic mass is 35.5. The maximum absolute atomic E-state index is 13.0. The number of ether oxygens (including phenoxy) is 1. The lowest BCUT2D eigenvalue weighted by Crippen LogP contribution is -2.32. The SMILES string of the molecule is COC(=O)/C=C1\NC(=Nc2nc(C)cc(C)n2)N(c2ccc(Cl)cc2C)C1=O. The quantitative estimate of drug-likeness (QED) is 0.629. The number of methoxy groups -OCH3 is 1. The molecule has 144 valence electrons. The molecule has 1 amide bonds. The van der Waals surface area contributed by atoms with Gasteiger partial charge in [-0.05, 0) is 50.6 Å². The number of rotatable bonds is 3. The van der Waals surface area contributed by atoms with Crippen LogP contribution in [0.25, 0.3) is 0 Å². The summed E-state index contributed by atoms with van der Waals surface area (Å²) in [6, 6.07) is 6.93. The van der Waals surface area contributed by atoms with Gasteiger partial charge in [0.2, 0.25) is 5.96 Å². The molecular weight excluding hydrogens is 382 g/mol. The Balaban J connectivity index is 2.13. The van der Waals surface area contributed by atoms with Crippen LogP contribution in [0, 0.1) is 20.8 Å². The highest BCUT2D eigenvalue weighted by molar-refractivity contribution is 6.32. The molecule has 0 radical (unpaired) electrons. The first kappa shape index (κ1) is 19.5. The molecule has 28 heavy (non-hydrogen) atoms. The Hall–Kier alpha value is -3.26. The Bertz CT molecular complexity index is 1010. The number of anilines is 1. The van der Waals surface area contributed by atoms with Crippen molar-refractivity contribution in [3.63, 3.8) is 0 Å². The molecule has 0 spiro atoms. The van der Waals surface area contributed by atoms with Gasteiger partial charge in [0.05, 0.1) is 18.9 Å². The van der Waals surface area contributed by atoms with E-state index in [0.717, 1.165) is 23.0 Å². The van der Waals surface area contributed by atoms with E-state index in [2.05, 4.69) is 25.0 Å². The van der Waals surface area contributed by atoms with E-state index in [-0.39, 0.29) is 17.6 Å². The second-order valence-corrected chi connectivity index (χ2v) is 6.60. The number of aryl methyl sites for hydroxylation is 3. The van der Waals surface area contributed by atoms with Gasteiger partial charge in [-0.15, -0.1) is 0 Å². The van der Waals surface area contributed by atoms with E-state index in [9.17, 15) is 9.59 Å². The van der Waals surface area contributed by atoms with Crippen molar-refractivity contribution in [1.29, 1.82) is 0 Å². The van der Waals surface area contributed by atoms with Crippen LogP contribution in [-0.4, -0.2) is 34.9 Å². The number of nitrogens with one attached hydrogen (secondary N) is 1. The van der Waals surface area contributed by atoms with Crippen LogP contribution in [0.2, 0.25) is 5.02 Å². The molecule has 0 unspecified atom stereocenters. The Morgan fingerprint density at radius 1 is 1.21 bits per heavy atom. The van der Waals surface area contributed by atoms with Gasteiger partial charge in [-0.3, -0.25) is 4.79 Å². The largest absolute Gasteiger partial charge is 0.466 e. The van der Waals surface area contributed by atoms with Crippen LogP contribution in [0.3, 0.4) is 0 Å². The van der Waals surface area contributed by atoms with Crippen molar-refractivity contribution in [2.75, 3.05) is 12.0 Å². The van der Waals surface area contributed by atoms with Crippen molar-refractivity contribution in [3.8, 4) is 0 Å². The Labute approximate surface area is 166 Å². The van der Waals surface area contributed by atoms with Crippen LogP contribution in [0.15, 0.2) is 41.0 Å². The van der Waals surface area contributed by atoms with Gasteiger partial charge in [0.1, 0.15) is 5.70 Å². The predicted octanol–water partition coefficient (Wildman–Crippen LogP) is 2.74. The number of hydrogen-bond acceptors (Lipinski definition) is 6. The van der Waals surface area contributed by atoms with Gasteiger partial charge in [-0.1, -0.05) is 11.6 Å². The van der Waals surface area contributed by atoms with Gasteiger partial charge in [0.15, 0.2) is 0 Å². The number of aromatic nitrogens is 2. The third-order valence-electron chi connectivity index (χ3n) is 3.93. The Morgan fingerprint density at radius 2 is 1.89 bits per heavy atom. The highest BCUT2D eigenvalue weighted by Gasteiger charge is 2.35. The minimum Gasteiger partial charge on any atom is -0.466 e. The number of benzene rings is 1. The molecule has 1 aliphatic heterocycles. The van der Waals surface area contributed by atoms with Crippen molar-refractivity contribution < 1.29 is 14.3 Å². The molecule has 0 saturated carbocycles. The minimum absolute atomic E-state index is 0.0318. The average molecular weight is 400 g/mol. The number of carbonyl (C=O) groups is 2. The number of nitrogens with zero attached hydrogens (tertiary/aromatic N) is 4. The zero-order valence-electron chi connectivity index (χ0n) is 15.8. The summed E-state index contributed by atoms with van der Waals surface area (Å²) in [6.45, 7) is 5.48. The third-order valence-corrected chi connectivity index (χ3v) is 4.17. The summed E-state index contributed by atoms with van der Waals surface area (Å²) in [7, 11) is 1.23. The summed E-state index contributed by atoms with van der Waals surface area (Å²) in [5.41, 5.74) is 2.85. The third kappa shape index (κ3) is 4.01. The predicted molar refractivity (Wildman–Crippen MR) is 106 cm³/mol. The van der Waals surface area contributed by atoms with Crippen molar-refractivity contribution in [1.82, 2.24) is 15.3 Å². The van der Waals surface area contributed by atoms with Gasteiger partial charge in [-0.25, -0.2) is 19.7 Å². The topological polar surface area (TPSA) is 96.8 Å². The minimum atomic E-state index is -0.660. The number of carbonyl (C=O) groups excluding carboxylic acids is 2. The fraction of sp³-hybridized carbons (Fsp3) is 0.211. The normalized spacial score (nSPS) is 16.6. The van der Waals surface area contributed by atoms with Crippen LogP contribution in [0.1, 0.15) is 17.0 Å². The van der Waals surface area contributed by atoms with Gasteiger partial charge in [0, 0.05) is 16.4 Å². The molecule has 0 aliphatic carbocycles. The maximum Gasteiger partial charge on any atom is 0.332 e. The van der Waals surface area contributed by atoms with E-state index in [1.54, 1.807) is 18.2 Å². The van der Waals surface area contributed by atoms with Crippen molar-refractivity contribution >= 4 is 41.1 Å². The second-order valence-electron chi connectivity index (χ2n) is 6.16. The molecule has 1 aromatic heterocycles. The lowest BCUT2D eigenvalue weighted by Gasteiger charge is -2.17. The van der Waals surface area contributed by atoms with Crippen LogP contribution in [-0.2, 0) is 14.3 Å². The first-order valence-electron chi connectivity index (χ1n) is 8.36. The Kier molecular flexibility index (Phi) is 5.41. The number of amides is 1. The molecular formula is C19H18ClN5O3. The van der Waals surface area contributed by atoms with Crippen LogP contribution in [0.5, 0.6) is 0 Å². The van der Waals surface area contributed by atoms with E-state index < -0.39 is 11.9 Å². The van der Waals surface area contributed by atoms with E-state index in [4.69, 9.17) is 11.6 Å². The van der Waals surface area contributed by atoms with Crippen LogP contribution < -0.4 is 10.2 Å². The molecule has 1 saturated heterocycles. The summed E-state index contributed by atoms with van der Waals surface area (Å²) < 4.78 is 4.62. The first-order chi connectivity index (χ1) is 13.3. The molecule has 1 fully saturated rings. The molecule has 0 atom stereocenters. The van der Waals surface area contributed by atoms with Crippen LogP contribution in [0.4, 0.5) is 11.6 Å². The molecule has 2 heterocycles. The number of esters is 1. The van der Waals surface area contributed by atoms with E-state index in [1.807, 2.05) is 26.8 Å². The van der Waals surface area contributed by atoms with E-state index in [0.29, 0.717) is 10.7 Å². The van der Waals surface area contributed by atoms with Gasteiger partial charge in [0.25, 0.3) is 11.9 Å². The number of guanidine groups is 1. The van der Waals surface area contributed by atoms with E-state index >= 15 is 0 Å². The summed E-state index contributed by atoms with van der Waals surface area (Å²) >= 11 is 6.04. The number of aliphatic imine (C=N–C) groups is 1. The number of hydrogen-bond donors (Lipinski definition) is 1. The maximum atomic E-state index is 13.0. The molecule has 1 aromatic carbocycles. The van der Waals surface area contributed by atoms with Gasteiger partial charge in [-0.2, -0.15) is 4.99 Å². The van der Waals surface area contributed by atoms with Gasteiger partial charge < -0.3 is 10.1 Å². The molecule has 2 aromatic rings. The first-order valence-corrected chi connectivity index (χ1v) is 8.74. The fourth-order valence-corrected chi connectivity index (χ4v) is 2.97. The second kappa shape index (κ2) is 7.77. The molecule has 0 bridgehead atoms. The lowest BCUT2D eigenvalue weighted by atomic mass is 10.2. The fourth-order valence-electron chi connectivity index (χ4n) is 2.74. The van der Waals surface area contributed by atoms with Crippen molar-refractivity contribution in [2.45, 2.75) is 20.8 Å². The molecule has 3 rings (SSSR count). The highest BCUT2D eigenvalue weighted by Crippen LogP contribution is 2.28.